The lowest BCUT2D eigenvalue weighted by Gasteiger charge is -2.23. The second-order valence-corrected chi connectivity index (χ2v) is 7.00. The van der Waals surface area contributed by atoms with Crippen LogP contribution in [0.15, 0.2) is 18.2 Å². The maximum absolute atomic E-state index is 11.6. The molecule has 1 aromatic rings. The molecule has 1 N–H and O–H groups in total. The van der Waals surface area contributed by atoms with E-state index in [0.717, 1.165) is 5.56 Å². The van der Waals surface area contributed by atoms with Crippen LogP contribution in [0.2, 0.25) is 5.02 Å². The summed E-state index contributed by atoms with van der Waals surface area (Å²) in [6.07, 6.45) is 1.23. The highest BCUT2D eigenvalue weighted by Crippen LogP contribution is 2.30. The standard InChI is InChI=1S/C12H18ClNO3S/c1-8(18(4,15)16)12(14-2)9-5-6-10(13)11(7-9)17-3/h5-8,12,14H,1-4H3. The molecule has 0 radical (unpaired) electrons. The van der Waals surface area contributed by atoms with E-state index in [1.54, 1.807) is 32.2 Å². The summed E-state index contributed by atoms with van der Waals surface area (Å²) in [6.45, 7) is 1.68. The summed E-state index contributed by atoms with van der Waals surface area (Å²) in [7, 11) is 0.128. The van der Waals surface area contributed by atoms with Crippen molar-refractivity contribution in [2.75, 3.05) is 20.4 Å². The monoisotopic (exact) mass is 291 g/mol. The molecule has 18 heavy (non-hydrogen) atoms. The predicted molar refractivity (Wildman–Crippen MR) is 74.1 cm³/mol. The number of halogens is 1. The van der Waals surface area contributed by atoms with Gasteiger partial charge in [0.05, 0.1) is 17.4 Å². The van der Waals surface area contributed by atoms with Crippen LogP contribution >= 0.6 is 11.6 Å². The molecule has 0 spiro atoms. The van der Waals surface area contributed by atoms with Crippen molar-refractivity contribution in [1.29, 1.82) is 0 Å². The van der Waals surface area contributed by atoms with Gasteiger partial charge in [-0.25, -0.2) is 8.42 Å². The average molecular weight is 292 g/mol. The number of ether oxygens (including phenoxy) is 1. The van der Waals surface area contributed by atoms with E-state index < -0.39 is 15.1 Å². The number of hydrogen-bond donors (Lipinski definition) is 1. The summed E-state index contributed by atoms with van der Waals surface area (Å²) >= 11 is 5.95. The molecule has 0 amide bonds. The Morgan fingerprint density at radius 3 is 2.44 bits per heavy atom. The normalized spacial score (nSPS) is 15.2. The molecule has 0 aliphatic rings. The Morgan fingerprint density at radius 1 is 1.39 bits per heavy atom. The van der Waals surface area contributed by atoms with Gasteiger partial charge < -0.3 is 10.1 Å². The highest BCUT2D eigenvalue weighted by molar-refractivity contribution is 7.91. The molecular formula is C12H18ClNO3S. The van der Waals surface area contributed by atoms with Crippen molar-refractivity contribution in [3.8, 4) is 5.75 Å². The predicted octanol–water partition coefficient (Wildman–Crippen LogP) is 2.04. The Labute approximate surface area is 113 Å². The lowest BCUT2D eigenvalue weighted by Crippen LogP contribution is -2.32. The molecule has 0 aromatic heterocycles. The Balaban J connectivity index is 3.17. The fraction of sp³-hybridized carbons (Fsp3) is 0.500. The third-order valence-corrected chi connectivity index (χ3v) is 4.93. The quantitative estimate of drug-likeness (QED) is 0.902. The van der Waals surface area contributed by atoms with Gasteiger partial charge in [0.2, 0.25) is 0 Å². The molecule has 0 aliphatic heterocycles. The van der Waals surface area contributed by atoms with E-state index in [4.69, 9.17) is 16.3 Å². The molecular weight excluding hydrogens is 274 g/mol. The molecule has 1 aromatic carbocycles. The highest BCUT2D eigenvalue weighted by atomic mass is 35.5. The van der Waals surface area contributed by atoms with Crippen molar-refractivity contribution in [1.82, 2.24) is 5.32 Å². The number of rotatable bonds is 5. The molecule has 2 unspecified atom stereocenters. The lowest BCUT2D eigenvalue weighted by molar-refractivity contribution is 0.413. The van der Waals surface area contributed by atoms with Crippen LogP contribution < -0.4 is 10.1 Å². The fourth-order valence-electron chi connectivity index (χ4n) is 1.79. The fourth-order valence-corrected chi connectivity index (χ4v) is 2.77. The van der Waals surface area contributed by atoms with Gasteiger partial charge in [0.15, 0.2) is 9.84 Å². The van der Waals surface area contributed by atoms with Crippen LogP contribution in [0.3, 0.4) is 0 Å². The van der Waals surface area contributed by atoms with E-state index in [0.29, 0.717) is 10.8 Å². The van der Waals surface area contributed by atoms with Crippen molar-refractivity contribution >= 4 is 21.4 Å². The number of benzene rings is 1. The third kappa shape index (κ3) is 3.37. The van der Waals surface area contributed by atoms with Crippen LogP contribution in [0.5, 0.6) is 5.75 Å². The van der Waals surface area contributed by atoms with E-state index in [2.05, 4.69) is 5.32 Å². The number of sulfone groups is 1. The summed E-state index contributed by atoms with van der Waals surface area (Å²) < 4.78 is 28.4. The van der Waals surface area contributed by atoms with E-state index in [-0.39, 0.29) is 6.04 Å². The van der Waals surface area contributed by atoms with Gasteiger partial charge in [0, 0.05) is 12.3 Å². The molecule has 4 nitrogen and oxygen atoms in total. The maximum Gasteiger partial charge on any atom is 0.151 e. The van der Waals surface area contributed by atoms with Gasteiger partial charge in [-0.05, 0) is 31.7 Å². The molecule has 0 saturated heterocycles. The van der Waals surface area contributed by atoms with Crippen molar-refractivity contribution in [2.24, 2.45) is 0 Å². The zero-order valence-electron chi connectivity index (χ0n) is 10.9. The Kier molecular flexibility index (Phi) is 5.01. The smallest absolute Gasteiger partial charge is 0.151 e. The second kappa shape index (κ2) is 5.91. The summed E-state index contributed by atoms with van der Waals surface area (Å²) in [5, 5.41) is 2.99. The summed E-state index contributed by atoms with van der Waals surface area (Å²) in [5.74, 6) is 0.537. The molecule has 0 saturated carbocycles. The van der Waals surface area contributed by atoms with E-state index in [9.17, 15) is 8.42 Å². The van der Waals surface area contributed by atoms with Gasteiger partial charge in [0.25, 0.3) is 0 Å². The molecule has 1 rings (SSSR count). The zero-order valence-corrected chi connectivity index (χ0v) is 12.5. The van der Waals surface area contributed by atoms with Crippen LogP contribution in [-0.2, 0) is 9.84 Å². The van der Waals surface area contributed by atoms with E-state index >= 15 is 0 Å². The van der Waals surface area contributed by atoms with E-state index in [1.807, 2.05) is 0 Å². The van der Waals surface area contributed by atoms with Gasteiger partial charge >= 0.3 is 0 Å². The topological polar surface area (TPSA) is 55.4 Å². The molecule has 0 bridgehead atoms. The molecule has 0 aliphatic carbocycles. The third-order valence-electron chi connectivity index (χ3n) is 2.99. The van der Waals surface area contributed by atoms with Gasteiger partial charge in [-0.2, -0.15) is 0 Å². The van der Waals surface area contributed by atoms with E-state index in [1.165, 1.54) is 13.4 Å². The first kappa shape index (κ1) is 15.3. The molecule has 0 heterocycles. The highest BCUT2D eigenvalue weighted by Gasteiger charge is 2.26. The Hall–Kier alpha value is -0.780. The van der Waals surface area contributed by atoms with Gasteiger partial charge in [-0.1, -0.05) is 17.7 Å². The zero-order chi connectivity index (χ0) is 13.9. The minimum atomic E-state index is -3.13. The summed E-state index contributed by atoms with van der Waals surface area (Å²) in [4.78, 5) is 0. The van der Waals surface area contributed by atoms with Crippen molar-refractivity contribution < 1.29 is 13.2 Å². The van der Waals surface area contributed by atoms with Crippen molar-refractivity contribution in [3.63, 3.8) is 0 Å². The minimum absolute atomic E-state index is 0.300. The number of nitrogens with one attached hydrogen (secondary N) is 1. The van der Waals surface area contributed by atoms with Gasteiger partial charge in [0.1, 0.15) is 5.75 Å². The van der Waals surface area contributed by atoms with Crippen LogP contribution in [-0.4, -0.2) is 34.1 Å². The van der Waals surface area contributed by atoms with Crippen molar-refractivity contribution in [3.05, 3.63) is 28.8 Å². The lowest BCUT2D eigenvalue weighted by atomic mass is 10.0. The maximum atomic E-state index is 11.6. The molecule has 102 valence electrons. The molecule has 6 heteroatoms. The molecule has 0 fully saturated rings. The minimum Gasteiger partial charge on any atom is -0.495 e. The largest absolute Gasteiger partial charge is 0.495 e. The van der Waals surface area contributed by atoms with Crippen LogP contribution in [0, 0.1) is 0 Å². The Bertz CT molecular complexity index is 516. The summed E-state index contributed by atoms with van der Waals surface area (Å²) in [5.41, 5.74) is 0.830. The van der Waals surface area contributed by atoms with Crippen LogP contribution in [0.25, 0.3) is 0 Å². The first-order valence-corrected chi connectivity index (χ1v) is 7.84. The number of hydrogen-bond acceptors (Lipinski definition) is 4. The second-order valence-electron chi connectivity index (χ2n) is 4.19. The Morgan fingerprint density at radius 2 is 2.00 bits per heavy atom. The SMILES string of the molecule is CNC(c1ccc(Cl)c(OC)c1)C(C)S(C)(=O)=O. The van der Waals surface area contributed by atoms with Gasteiger partial charge in [-0.3, -0.25) is 0 Å². The summed E-state index contributed by atoms with van der Waals surface area (Å²) in [6, 6.07) is 4.96. The van der Waals surface area contributed by atoms with Crippen molar-refractivity contribution in [2.45, 2.75) is 18.2 Å². The average Bonchev–Trinajstić information content (AvgIpc) is 2.30. The van der Waals surface area contributed by atoms with Crippen LogP contribution in [0.1, 0.15) is 18.5 Å². The first-order chi connectivity index (χ1) is 8.31. The van der Waals surface area contributed by atoms with Gasteiger partial charge in [-0.15, -0.1) is 0 Å². The number of methoxy groups -OCH3 is 1. The molecule has 2 atom stereocenters. The first-order valence-electron chi connectivity index (χ1n) is 5.50. The van der Waals surface area contributed by atoms with Crippen LogP contribution in [0.4, 0.5) is 0 Å².